The second-order valence-corrected chi connectivity index (χ2v) is 4.20. The molecule has 90 valence electrons. The fourth-order valence-electron chi connectivity index (χ4n) is 1.28. The molecule has 1 amide bonds. The molecule has 1 rings (SSSR count). The van der Waals surface area contributed by atoms with Gasteiger partial charge in [-0.15, -0.1) is 0 Å². The van der Waals surface area contributed by atoms with Gasteiger partial charge in [-0.25, -0.2) is 8.78 Å². The van der Waals surface area contributed by atoms with Gasteiger partial charge in [0.2, 0.25) is 5.91 Å². The van der Waals surface area contributed by atoms with E-state index in [9.17, 15) is 13.6 Å². The molecule has 0 aliphatic rings. The van der Waals surface area contributed by atoms with Crippen molar-refractivity contribution in [3.8, 4) is 6.07 Å². The Balaban J connectivity index is 3.06. The van der Waals surface area contributed by atoms with Gasteiger partial charge in [0.25, 0.3) is 0 Å². The molecule has 3 nitrogen and oxygen atoms in total. The number of carbonyl (C=O) groups excluding carboxylic acids is 1. The van der Waals surface area contributed by atoms with Crippen molar-refractivity contribution in [1.82, 2.24) is 0 Å². The Hall–Kier alpha value is -1.96. The Morgan fingerprint density at radius 2 is 1.94 bits per heavy atom. The van der Waals surface area contributed by atoms with Gasteiger partial charge in [-0.3, -0.25) is 4.79 Å². The molecule has 1 aromatic carbocycles. The summed E-state index contributed by atoms with van der Waals surface area (Å²) < 4.78 is 25.7. The van der Waals surface area contributed by atoms with Gasteiger partial charge in [-0.05, 0) is 26.0 Å². The maximum Gasteiger partial charge on any atom is 0.246 e. The Morgan fingerprint density at radius 3 is 2.41 bits per heavy atom. The van der Waals surface area contributed by atoms with Crippen molar-refractivity contribution in [3.63, 3.8) is 0 Å². The van der Waals surface area contributed by atoms with Crippen LogP contribution in [0.1, 0.15) is 13.8 Å². The number of anilines is 1. The predicted molar refractivity (Wildman–Crippen MR) is 59.2 cm³/mol. The largest absolute Gasteiger partial charge is 0.314 e. The van der Waals surface area contributed by atoms with Crippen LogP contribution in [-0.4, -0.2) is 13.0 Å². The monoisotopic (exact) mass is 238 g/mol. The Bertz CT molecular complexity index is 492. The van der Waals surface area contributed by atoms with Crippen LogP contribution in [0.2, 0.25) is 0 Å². The highest BCUT2D eigenvalue weighted by Crippen LogP contribution is 2.23. The summed E-state index contributed by atoms with van der Waals surface area (Å²) in [7, 11) is 1.41. The van der Waals surface area contributed by atoms with Crippen LogP contribution in [-0.2, 0) is 4.79 Å². The van der Waals surface area contributed by atoms with Crippen molar-refractivity contribution < 1.29 is 13.6 Å². The van der Waals surface area contributed by atoms with Crippen molar-refractivity contribution in [2.45, 2.75) is 13.8 Å². The number of rotatable bonds is 2. The number of nitriles is 1. The van der Waals surface area contributed by atoms with Crippen LogP contribution in [0.4, 0.5) is 14.5 Å². The van der Waals surface area contributed by atoms with Gasteiger partial charge >= 0.3 is 0 Å². The van der Waals surface area contributed by atoms with Gasteiger partial charge < -0.3 is 4.90 Å². The van der Waals surface area contributed by atoms with Crippen molar-refractivity contribution in [2.24, 2.45) is 5.41 Å². The Labute approximate surface area is 98.3 Å². The zero-order chi connectivity index (χ0) is 13.2. The third-order valence-corrected chi connectivity index (χ3v) is 2.41. The zero-order valence-corrected chi connectivity index (χ0v) is 9.79. The molecular formula is C12H12F2N2O. The Morgan fingerprint density at radius 1 is 1.35 bits per heavy atom. The van der Waals surface area contributed by atoms with Crippen LogP contribution in [0.15, 0.2) is 18.2 Å². The van der Waals surface area contributed by atoms with Crippen LogP contribution in [0.5, 0.6) is 0 Å². The highest BCUT2D eigenvalue weighted by Gasteiger charge is 2.31. The topological polar surface area (TPSA) is 44.1 Å². The van der Waals surface area contributed by atoms with Gasteiger partial charge in [-0.2, -0.15) is 5.26 Å². The van der Waals surface area contributed by atoms with E-state index < -0.39 is 23.0 Å². The molecule has 0 aromatic heterocycles. The third-order valence-electron chi connectivity index (χ3n) is 2.41. The number of benzene rings is 1. The normalized spacial score (nSPS) is 10.8. The fourth-order valence-corrected chi connectivity index (χ4v) is 1.28. The molecule has 17 heavy (non-hydrogen) atoms. The van der Waals surface area contributed by atoms with Gasteiger partial charge in [0.1, 0.15) is 5.41 Å². The molecule has 0 saturated heterocycles. The van der Waals surface area contributed by atoms with Crippen LogP contribution in [0.3, 0.4) is 0 Å². The van der Waals surface area contributed by atoms with Crippen molar-refractivity contribution in [2.75, 3.05) is 11.9 Å². The molecule has 0 saturated carbocycles. The molecule has 5 heteroatoms. The molecule has 0 bridgehead atoms. The van der Waals surface area contributed by atoms with E-state index >= 15 is 0 Å². The summed E-state index contributed by atoms with van der Waals surface area (Å²) in [4.78, 5) is 13.0. The first-order valence-corrected chi connectivity index (χ1v) is 4.94. The lowest BCUT2D eigenvalue weighted by Crippen LogP contribution is -2.37. The lowest BCUT2D eigenvalue weighted by atomic mass is 9.94. The number of amides is 1. The minimum Gasteiger partial charge on any atom is -0.314 e. The van der Waals surface area contributed by atoms with E-state index in [4.69, 9.17) is 5.26 Å². The van der Waals surface area contributed by atoms with Crippen molar-refractivity contribution >= 4 is 11.6 Å². The maximum atomic E-state index is 13.0. The summed E-state index contributed by atoms with van der Waals surface area (Å²) >= 11 is 0. The summed E-state index contributed by atoms with van der Waals surface area (Å²) in [5.41, 5.74) is -1.00. The highest BCUT2D eigenvalue weighted by molar-refractivity contribution is 5.98. The smallest absolute Gasteiger partial charge is 0.246 e. The molecule has 0 aliphatic carbocycles. The third kappa shape index (κ3) is 2.59. The predicted octanol–water partition coefficient (Wildman–Crippen LogP) is 2.48. The first kappa shape index (κ1) is 13.1. The quantitative estimate of drug-likeness (QED) is 0.794. The lowest BCUT2D eigenvalue weighted by molar-refractivity contribution is -0.123. The number of halogens is 2. The van der Waals surface area contributed by atoms with E-state index in [-0.39, 0.29) is 5.69 Å². The van der Waals surface area contributed by atoms with Crippen LogP contribution in [0, 0.1) is 28.4 Å². The second-order valence-electron chi connectivity index (χ2n) is 4.20. The summed E-state index contributed by atoms with van der Waals surface area (Å²) in [5, 5.41) is 8.83. The van der Waals surface area contributed by atoms with E-state index in [2.05, 4.69) is 0 Å². The maximum absolute atomic E-state index is 13.0. The standard InChI is InChI=1S/C12H12F2N2O/c1-12(2,7-15)11(17)16(3)8-4-5-9(13)10(14)6-8/h4-6H,1-3H3. The van der Waals surface area contributed by atoms with E-state index in [0.717, 1.165) is 17.0 Å². The molecule has 0 spiro atoms. The molecule has 0 N–H and O–H groups in total. The highest BCUT2D eigenvalue weighted by atomic mass is 19.2. The minimum atomic E-state index is -1.21. The Kier molecular flexibility index (Phi) is 3.47. The zero-order valence-electron chi connectivity index (χ0n) is 9.79. The number of hydrogen-bond acceptors (Lipinski definition) is 2. The SMILES string of the molecule is CN(C(=O)C(C)(C)C#N)c1ccc(F)c(F)c1. The average molecular weight is 238 g/mol. The first-order chi connectivity index (χ1) is 7.79. The number of hydrogen-bond donors (Lipinski definition) is 0. The summed E-state index contributed by atoms with van der Waals surface area (Å²) in [6.45, 7) is 2.93. The molecule has 0 aliphatic heterocycles. The second kappa shape index (κ2) is 4.50. The van der Waals surface area contributed by atoms with Crippen LogP contribution < -0.4 is 4.90 Å². The molecule has 1 aromatic rings. The molecule has 0 fully saturated rings. The van der Waals surface area contributed by atoms with Gasteiger partial charge in [0, 0.05) is 18.8 Å². The van der Waals surface area contributed by atoms with E-state index in [0.29, 0.717) is 0 Å². The average Bonchev–Trinajstić information content (AvgIpc) is 2.30. The summed E-state index contributed by atoms with van der Waals surface area (Å²) in [6.07, 6.45) is 0. The molecule has 0 heterocycles. The lowest BCUT2D eigenvalue weighted by Gasteiger charge is -2.24. The fraction of sp³-hybridized carbons (Fsp3) is 0.333. The van der Waals surface area contributed by atoms with Crippen molar-refractivity contribution in [3.05, 3.63) is 29.8 Å². The molecule has 0 radical (unpaired) electrons. The molecule has 0 unspecified atom stereocenters. The van der Waals surface area contributed by atoms with Crippen molar-refractivity contribution in [1.29, 1.82) is 5.26 Å². The minimum absolute atomic E-state index is 0.206. The van der Waals surface area contributed by atoms with E-state index in [1.165, 1.54) is 27.0 Å². The van der Waals surface area contributed by atoms with Crippen LogP contribution in [0.25, 0.3) is 0 Å². The van der Waals surface area contributed by atoms with E-state index in [1.807, 2.05) is 6.07 Å². The first-order valence-electron chi connectivity index (χ1n) is 4.94. The van der Waals surface area contributed by atoms with Gasteiger partial charge in [0.05, 0.1) is 6.07 Å². The molecular weight excluding hydrogens is 226 g/mol. The van der Waals surface area contributed by atoms with Gasteiger partial charge in [-0.1, -0.05) is 0 Å². The number of carbonyl (C=O) groups is 1. The van der Waals surface area contributed by atoms with Crippen LogP contribution >= 0.6 is 0 Å². The summed E-state index contributed by atoms with van der Waals surface area (Å²) in [5.74, 6) is -2.49. The van der Waals surface area contributed by atoms with E-state index in [1.54, 1.807) is 0 Å². The molecule has 0 atom stereocenters. The summed E-state index contributed by atoms with van der Waals surface area (Å²) in [6, 6.07) is 5.00. The van der Waals surface area contributed by atoms with Gasteiger partial charge in [0.15, 0.2) is 11.6 Å². The number of nitrogens with zero attached hydrogens (tertiary/aromatic N) is 2.